The Bertz CT molecular complexity index is 270. The zero-order valence-corrected chi connectivity index (χ0v) is 8.98. The van der Waals surface area contributed by atoms with Crippen molar-refractivity contribution in [3.8, 4) is 5.88 Å². The number of aromatic nitrogens is 1. The zero-order chi connectivity index (χ0) is 10.3. The van der Waals surface area contributed by atoms with Crippen LogP contribution in [0, 0.1) is 0 Å². The summed E-state index contributed by atoms with van der Waals surface area (Å²) in [5.74, 6) is 0.730. The molecule has 82 valence electrons. The smallest absolute Gasteiger partial charge is 0.213 e. The van der Waals surface area contributed by atoms with E-state index in [1.54, 1.807) is 6.20 Å². The van der Waals surface area contributed by atoms with Crippen LogP contribution in [0.15, 0.2) is 24.4 Å². The standard InChI is InChI=1S/C12H18N2O/c1-3-8-13-11(5-1)7-10-15-12-6-2-4-9-14-12/h2,4,6,9,11,13H,1,3,5,7-8,10H2/t11-/m1/s1. The maximum absolute atomic E-state index is 5.56. The number of piperidine rings is 1. The monoisotopic (exact) mass is 206 g/mol. The molecular formula is C12H18N2O. The molecule has 1 aromatic rings. The van der Waals surface area contributed by atoms with Crippen LogP contribution in [0.5, 0.6) is 5.88 Å². The van der Waals surface area contributed by atoms with Gasteiger partial charge in [0.15, 0.2) is 0 Å². The Balaban J connectivity index is 1.66. The molecule has 1 atom stereocenters. The second-order valence-electron chi connectivity index (χ2n) is 3.95. The fourth-order valence-corrected chi connectivity index (χ4v) is 1.91. The van der Waals surface area contributed by atoms with E-state index < -0.39 is 0 Å². The predicted octanol–water partition coefficient (Wildman–Crippen LogP) is 1.99. The third-order valence-corrected chi connectivity index (χ3v) is 2.77. The highest BCUT2D eigenvalue weighted by atomic mass is 16.5. The molecule has 0 saturated carbocycles. The van der Waals surface area contributed by atoms with Crippen LogP contribution >= 0.6 is 0 Å². The second-order valence-corrected chi connectivity index (χ2v) is 3.95. The minimum atomic E-state index is 0.641. The number of rotatable bonds is 4. The number of hydrogen-bond donors (Lipinski definition) is 1. The molecule has 1 aromatic heterocycles. The SMILES string of the molecule is c1ccc(OCC[C@H]2CCCCN2)nc1. The lowest BCUT2D eigenvalue weighted by Crippen LogP contribution is -2.35. The third-order valence-electron chi connectivity index (χ3n) is 2.77. The van der Waals surface area contributed by atoms with Gasteiger partial charge in [-0.3, -0.25) is 0 Å². The first-order chi connectivity index (χ1) is 7.45. The number of nitrogens with one attached hydrogen (secondary N) is 1. The van der Waals surface area contributed by atoms with Gasteiger partial charge in [-0.05, 0) is 31.9 Å². The molecule has 1 aliphatic rings. The molecule has 3 heteroatoms. The van der Waals surface area contributed by atoms with Gasteiger partial charge in [-0.2, -0.15) is 0 Å². The van der Waals surface area contributed by atoms with Crippen LogP contribution in [0.2, 0.25) is 0 Å². The van der Waals surface area contributed by atoms with Gasteiger partial charge in [0.25, 0.3) is 0 Å². The minimum absolute atomic E-state index is 0.641. The first-order valence-corrected chi connectivity index (χ1v) is 5.72. The number of ether oxygens (including phenoxy) is 1. The van der Waals surface area contributed by atoms with E-state index in [2.05, 4.69) is 10.3 Å². The molecule has 2 rings (SSSR count). The Morgan fingerprint density at radius 2 is 2.40 bits per heavy atom. The summed E-state index contributed by atoms with van der Waals surface area (Å²) in [6.07, 6.45) is 6.79. The molecular weight excluding hydrogens is 188 g/mol. The first-order valence-electron chi connectivity index (χ1n) is 5.72. The van der Waals surface area contributed by atoms with Crippen molar-refractivity contribution in [1.82, 2.24) is 10.3 Å². The summed E-state index contributed by atoms with van der Waals surface area (Å²) < 4.78 is 5.56. The highest BCUT2D eigenvalue weighted by Crippen LogP contribution is 2.11. The normalized spacial score (nSPS) is 21.2. The van der Waals surface area contributed by atoms with E-state index in [1.165, 1.54) is 19.3 Å². The summed E-state index contributed by atoms with van der Waals surface area (Å²) in [7, 11) is 0. The fourth-order valence-electron chi connectivity index (χ4n) is 1.91. The Morgan fingerprint density at radius 3 is 3.13 bits per heavy atom. The van der Waals surface area contributed by atoms with Crippen molar-refractivity contribution in [2.24, 2.45) is 0 Å². The molecule has 0 bridgehead atoms. The van der Waals surface area contributed by atoms with Crippen LogP contribution in [0.4, 0.5) is 0 Å². The number of hydrogen-bond acceptors (Lipinski definition) is 3. The largest absolute Gasteiger partial charge is 0.478 e. The maximum atomic E-state index is 5.56. The maximum Gasteiger partial charge on any atom is 0.213 e. The van der Waals surface area contributed by atoms with Crippen molar-refractivity contribution in [3.63, 3.8) is 0 Å². The van der Waals surface area contributed by atoms with Crippen molar-refractivity contribution < 1.29 is 4.74 Å². The highest BCUT2D eigenvalue weighted by Gasteiger charge is 2.11. The minimum Gasteiger partial charge on any atom is -0.478 e. The van der Waals surface area contributed by atoms with Gasteiger partial charge in [0, 0.05) is 18.3 Å². The summed E-state index contributed by atoms with van der Waals surface area (Å²) in [5, 5.41) is 3.50. The summed E-state index contributed by atoms with van der Waals surface area (Å²) in [6, 6.07) is 6.38. The molecule has 1 saturated heterocycles. The van der Waals surface area contributed by atoms with Gasteiger partial charge in [0.2, 0.25) is 5.88 Å². The summed E-state index contributed by atoms with van der Waals surface area (Å²) in [6.45, 7) is 1.92. The summed E-state index contributed by atoms with van der Waals surface area (Å²) in [5.41, 5.74) is 0. The quantitative estimate of drug-likeness (QED) is 0.818. The van der Waals surface area contributed by atoms with Gasteiger partial charge >= 0.3 is 0 Å². The van der Waals surface area contributed by atoms with Gasteiger partial charge in [-0.15, -0.1) is 0 Å². The van der Waals surface area contributed by atoms with E-state index in [9.17, 15) is 0 Å². The van der Waals surface area contributed by atoms with Crippen molar-refractivity contribution in [1.29, 1.82) is 0 Å². The van der Waals surface area contributed by atoms with Crippen molar-refractivity contribution in [2.45, 2.75) is 31.7 Å². The predicted molar refractivity (Wildman–Crippen MR) is 60.0 cm³/mol. The topological polar surface area (TPSA) is 34.1 Å². The first kappa shape index (κ1) is 10.4. The van der Waals surface area contributed by atoms with E-state index >= 15 is 0 Å². The Morgan fingerprint density at radius 1 is 1.40 bits per heavy atom. The average molecular weight is 206 g/mol. The van der Waals surface area contributed by atoms with E-state index in [0.29, 0.717) is 6.04 Å². The lowest BCUT2D eigenvalue weighted by atomic mass is 10.0. The zero-order valence-electron chi connectivity index (χ0n) is 8.98. The van der Waals surface area contributed by atoms with Crippen LogP contribution < -0.4 is 10.1 Å². The number of pyridine rings is 1. The van der Waals surface area contributed by atoms with Crippen molar-refractivity contribution in [2.75, 3.05) is 13.2 Å². The fraction of sp³-hybridized carbons (Fsp3) is 0.583. The molecule has 2 heterocycles. The Labute approximate surface area is 90.9 Å². The van der Waals surface area contributed by atoms with Crippen LogP contribution in [0.3, 0.4) is 0 Å². The van der Waals surface area contributed by atoms with Gasteiger partial charge in [0.05, 0.1) is 6.61 Å². The summed E-state index contributed by atoms with van der Waals surface area (Å²) >= 11 is 0. The molecule has 0 aromatic carbocycles. The van der Waals surface area contributed by atoms with E-state index in [1.807, 2.05) is 18.2 Å². The molecule has 0 amide bonds. The van der Waals surface area contributed by atoms with Crippen LogP contribution in [0.1, 0.15) is 25.7 Å². The molecule has 15 heavy (non-hydrogen) atoms. The van der Waals surface area contributed by atoms with Gasteiger partial charge < -0.3 is 10.1 Å². The van der Waals surface area contributed by atoms with E-state index in [4.69, 9.17) is 4.74 Å². The Kier molecular flexibility index (Phi) is 3.97. The van der Waals surface area contributed by atoms with Gasteiger partial charge in [0.1, 0.15) is 0 Å². The van der Waals surface area contributed by atoms with Crippen molar-refractivity contribution >= 4 is 0 Å². The highest BCUT2D eigenvalue weighted by molar-refractivity contribution is 5.08. The van der Waals surface area contributed by atoms with E-state index in [0.717, 1.165) is 25.5 Å². The molecule has 3 nitrogen and oxygen atoms in total. The van der Waals surface area contributed by atoms with Crippen molar-refractivity contribution in [3.05, 3.63) is 24.4 Å². The third kappa shape index (κ3) is 3.51. The van der Waals surface area contributed by atoms with E-state index in [-0.39, 0.29) is 0 Å². The molecule has 0 aliphatic carbocycles. The molecule has 1 aliphatic heterocycles. The number of nitrogens with zero attached hydrogens (tertiary/aromatic N) is 1. The van der Waals surface area contributed by atoms with Crippen LogP contribution in [0.25, 0.3) is 0 Å². The molecule has 1 fully saturated rings. The van der Waals surface area contributed by atoms with Gasteiger partial charge in [-0.1, -0.05) is 12.5 Å². The lowest BCUT2D eigenvalue weighted by molar-refractivity contribution is 0.260. The van der Waals surface area contributed by atoms with Crippen LogP contribution in [-0.4, -0.2) is 24.2 Å². The Hall–Kier alpha value is -1.09. The molecule has 0 radical (unpaired) electrons. The second kappa shape index (κ2) is 5.71. The average Bonchev–Trinajstić information content (AvgIpc) is 2.32. The van der Waals surface area contributed by atoms with Gasteiger partial charge in [-0.25, -0.2) is 4.98 Å². The molecule has 0 spiro atoms. The van der Waals surface area contributed by atoms with Crippen LogP contribution in [-0.2, 0) is 0 Å². The molecule has 1 N–H and O–H groups in total. The molecule has 0 unspecified atom stereocenters. The summed E-state index contributed by atoms with van der Waals surface area (Å²) in [4.78, 5) is 4.12. The lowest BCUT2D eigenvalue weighted by Gasteiger charge is -2.23.